The van der Waals surface area contributed by atoms with E-state index in [4.69, 9.17) is 4.74 Å². The molecule has 0 spiro atoms. The largest absolute Gasteiger partial charge is 0.490 e. The summed E-state index contributed by atoms with van der Waals surface area (Å²) in [6.45, 7) is 0.834. The van der Waals surface area contributed by atoms with Crippen LogP contribution in [0.1, 0.15) is 31.2 Å². The quantitative estimate of drug-likeness (QED) is 0.741. The fourth-order valence-electron chi connectivity index (χ4n) is 2.55. The Hall–Kier alpha value is -1.59. The monoisotopic (exact) mass is 290 g/mol. The summed E-state index contributed by atoms with van der Waals surface area (Å²) in [4.78, 5) is 11.6. The number of benzene rings is 1. The SMILES string of the molecule is O=C1CCCc2c(cccc2OCC(O)CNC2CC2)N1. The maximum absolute atomic E-state index is 11.6. The Balaban J connectivity index is 1.59. The number of fused-ring (bicyclic) bond motifs is 1. The van der Waals surface area contributed by atoms with Gasteiger partial charge < -0.3 is 20.5 Å². The number of carbonyl (C=O) groups is 1. The van der Waals surface area contributed by atoms with Gasteiger partial charge in [0.05, 0.1) is 0 Å². The molecule has 1 aromatic rings. The van der Waals surface area contributed by atoms with Gasteiger partial charge in [-0.05, 0) is 37.8 Å². The van der Waals surface area contributed by atoms with E-state index < -0.39 is 6.10 Å². The van der Waals surface area contributed by atoms with E-state index in [0.717, 1.165) is 29.8 Å². The first-order chi connectivity index (χ1) is 10.2. The Morgan fingerprint density at radius 2 is 2.24 bits per heavy atom. The number of carbonyl (C=O) groups excluding carboxylic acids is 1. The Morgan fingerprint density at radius 1 is 1.38 bits per heavy atom. The van der Waals surface area contributed by atoms with Crippen molar-refractivity contribution in [2.24, 2.45) is 0 Å². The molecule has 3 rings (SSSR count). The molecule has 1 unspecified atom stereocenters. The summed E-state index contributed by atoms with van der Waals surface area (Å²) < 4.78 is 5.77. The molecule has 2 aliphatic rings. The van der Waals surface area contributed by atoms with Crippen LogP contribution in [0.5, 0.6) is 5.75 Å². The number of hydrogen-bond donors (Lipinski definition) is 3. The molecule has 0 bridgehead atoms. The topological polar surface area (TPSA) is 70.6 Å². The van der Waals surface area contributed by atoms with Crippen molar-refractivity contribution in [3.8, 4) is 5.75 Å². The van der Waals surface area contributed by atoms with Gasteiger partial charge in [-0.15, -0.1) is 0 Å². The van der Waals surface area contributed by atoms with E-state index >= 15 is 0 Å². The first kappa shape index (κ1) is 14.4. The normalized spacial score (nSPS) is 19.4. The minimum atomic E-state index is -0.512. The number of nitrogens with one attached hydrogen (secondary N) is 2. The number of ether oxygens (including phenoxy) is 1. The van der Waals surface area contributed by atoms with Gasteiger partial charge in [0.2, 0.25) is 5.91 Å². The van der Waals surface area contributed by atoms with E-state index in [2.05, 4.69) is 10.6 Å². The van der Waals surface area contributed by atoms with Crippen molar-refractivity contribution in [2.75, 3.05) is 18.5 Å². The lowest BCUT2D eigenvalue weighted by Crippen LogP contribution is -2.32. The standard InChI is InChI=1S/C16H22N2O3/c19-12(9-17-11-7-8-11)10-21-15-5-2-4-14-13(15)3-1-6-16(20)18-14/h2,4-5,11-12,17,19H,1,3,6-10H2,(H,18,20). The van der Waals surface area contributed by atoms with E-state index in [0.29, 0.717) is 19.0 Å². The van der Waals surface area contributed by atoms with Gasteiger partial charge in [0.15, 0.2) is 0 Å². The van der Waals surface area contributed by atoms with Crippen LogP contribution < -0.4 is 15.4 Å². The van der Waals surface area contributed by atoms with E-state index in [1.807, 2.05) is 18.2 Å². The second-order valence-corrected chi connectivity index (χ2v) is 5.83. The Labute approximate surface area is 124 Å². The Kier molecular flexibility index (Phi) is 4.41. The van der Waals surface area contributed by atoms with Crippen molar-refractivity contribution < 1.29 is 14.6 Å². The molecule has 1 atom stereocenters. The van der Waals surface area contributed by atoms with Crippen LogP contribution in [-0.2, 0) is 11.2 Å². The molecule has 1 amide bonds. The lowest BCUT2D eigenvalue weighted by atomic mass is 10.1. The van der Waals surface area contributed by atoms with Gasteiger partial charge in [0, 0.05) is 30.3 Å². The zero-order chi connectivity index (χ0) is 14.7. The second kappa shape index (κ2) is 6.45. The highest BCUT2D eigenvalue weighted by Gasteiger charge is 2.22. The first-order valence-electron chi connectivity index (χ1n) is 7.68. The minimum absolute atomic E-state index is 0.0552. The predicted octanol–water partition coefficient (Wildman–Crippen LogP) is 1.45. The number of rotatable bonds is 6. The molecule has 0 aromatic heterocycles. The van der Waals surface area contributed by atoms with Crippen molar-refractivity contribution in [1.29, 1.82) is 0 Å². The number of amides is 1. The summed E-state index contributed by atoms with van der Waals surface area (Å²) in [5.41, 5.74) is 1.87. The van der Waals surface area contributed by atoms with Crippen molar-refractivity contribution >= 4 is 11.6 Å². The molecule has 1 aromatic carbocycles. The number of anilines is 1. The lowest BCUT2D eigenvalue weighted by molar-refractivity contribution is -0.116. The zero-order valence-corrected chi connectivity index (χ0v) is 12.1. The van der Waals surface area contributed by atoms with E-state index in [-0.39, 0.29) is 12.5 Å². The molecule has 5 heteroatoms. The average Bonchev–Trinajstić information content (AvgIpc) is 3.29. The molecular formula is C16H22N2O3. The van der Waals surface area contributed by atoms with E-state index in [1.165, 1.54) is 12.8 Å². The van der Waals surface area contributed by atoms with E-state index in [9.17, 15) is 9.90 Å². The predicted molar refractivity (Wildman–Crippen MR) is 80.5 cm³/mol. The summed E-state index contributed by atoms with van der Waals surface area (Å²) in [6.07, 6.45) is 4.09. The summed E-state index contributed by atoms with van der Waals surface area (Å²) >= 11 is 0. The summed E-state index contributed by atoms with van der Waals surface area (Å²) in [7, 11) is 0. The molecule has 1 fully saturated rings. The molecular weight excluding hydrogens is 268 g/mol. The highest BCUT2D eigenvalue weighted by molar-refractivity contribution is 5.92. The van der Waals surface area contributed by atoms with Crippen molar-refractivity contribution in [3.05, 3.63) is 23.8 Å². The van der Waals surface area contributed by atoms with Crippen LogP contribution in [0.2, 0.25) is 0 Å². The van der Waals surface area contributed by atoms with Gasteiger partial charge >= 0.3 is 0 Å². The van der Waals surface area contributed by atoms with Crippen LogP contribution in [0.25, 0.3) is 0 Å². The third kappa shape index (κ3) is 3.95. The number of hydrogen-bond acceptors (Lipinski definition) is 4. The third-order valence-electron chi connectivity index (χ3n) is 3.89. The number of aliphatic hydroxyl groups is 1. The van der Waals surface area contributed by atoms with Gasteiger partial charge in [-0.1, -0.05) is 6.07 Å². The highest BCUT2D eigenvalue weighted by atomic mass is 16.5. The molecule has 3 N–H and O–H groups in total. The minimum Gasteiger partial charge on any atom is -0.490 e. The third-order valence-corrected chi connectivity index (χ3v) is 3.89. The molecule has 0 radical (unpaired) electrons. The van der Waals surface area contributed by atoms with Gasteiger partial charge in [-0.2, -0.15) is 0 Å². The number of aliphatic hydroxyl groups excluding tert-OH is 1. The van der Waals surface area contributed by atoms with Crippen LogP contribution in [0.15, 0.2) is 18.2 Å². The van der Waals surface area contributed by atoms with Gasteiger partial charge in [0.1, 0.15) is 18.5 Å². The lowest BCUT2D eigenvalue weighted by Gasteiger charge is -2.16. The zero-order valence-electron chi connectivity index (χ0n) is 12.1. The molecule has 1 saturated carbocycles. The van der Waals surface area contributed by atoms with Crippen molar-refractivity contribution in [2.45, 2.75) is 44.2 Å². The molecule has 1 aliphatic heterocycles. The first-order valence-corrected chi connectivity index (χ1v) is 7.68. The van der Waals surface area contributed by atoms with Crippen LogP contribution in [-0.4, -0.2) is 36.3 Å². The van der Waals surface area contributed by atoms with Crippen LogP contribution in [0.4, 0.5) is 5.69 Å². The fourth-order valence-corrected chi connectivity index (χ4v) is 2.55. The van der Waals surface area contributed by atoms with Crippen LogP contribution >= 0.6 is 0 Å². The molecule has 21 heavy (non-hydrogen) atoms. The van der Waals surface area contributed by atoms with Gasteiger partial charge in [-0.3, -0.25) is 4.79 Å². The smallest absolute Gasteiger partial charge is 0.224 e. The molecule has 1 aliphatic carbocycles. The molecule has 0 saturated heterocycles. The molecule has 1 heterocycles. The molecule has 5 nitrogen and oxygen atoms in total. The summed E-state index contributed by atoms with van der Waals surface area (Å²) in [5, 5.41) is 16.1. The van der Waals surface area contributed by atoms with Crippen molar-refractivity contribution in [3.63, 3.8) is 0 Å². The van der Waals surface area contributed by atoms with Crippen LogP contribution in [0.3, 0.4) is 0 Å². The Bertz CT molecular complexity index is 514. The Morgan fingerprint density at radius 3 is 3.05 bits per heavy atom. The van der Waals surface area contributed by atoms with Crippen LogP contribution in [0, 0.1) is 0 Å². The highest BCUT2D eigenvalue weighted by Crippen LogP contribution is 2.30. The van der Waals surface area contributed by atoms with E-state index in [1.54, 1.807) is 0 Å². The fraction of sp³-hybridized carbons (Fsp3) is 0.562. The maximum Gasteiger partial charge on any atom is 0.224 e. The summed E-state index contributed by atoms with van der Waals surface area (Å²) in [5.74, 6) is 0.819. The molecule has 114 valence electrons. The van der Waals surface area contributed by atoms with Crippen molar-refractivity contribution in [1.82, 2.24) is 5.32 Å². The maximum atomic E-state index is 11.6. The summed E-state index contributed by atoms with van der Waals surface area (Å²) in [6, 6.07) is 6.26. The van der Waals surface area contributed by atoms with Gasteiger partial charge in [0.25, 0.3) is 0 Å². The second-order valence-electron chi connectivity index (χ2n) is 5.83. The average molecular weight is 290 g/mol. The van der Waals surface area contributed by atoms with Gasteiger partial charge in [-0.25, -0.2) is 0 Å².